The Morgan fingerprint density at radius 1 is 1.20 bits per heavy atom. The summed E-state index contributed by atoms with van der Waals surface area (Å²) >= 11 is 0. The van der Waals surface area contributed by atoms with Gasteiger partial charge >= 0.3 is 12.3 Å². The highest BCUT2D eigenvalue weighted by Gasteiger charge is 2.58. The number of alkyl halides is 3. The summed E-state index contributed by atoms with van der Waals surface area (Å²) in [4.78, 5) is 24.9. The minimum Gasteiger partial charge on any atom is -0.434 e. The number of hydrogen-bond acceptors (Lipinski definition) is 3. The van der Waals surface area contributed by atoms with Crippen molar-refractivity contribution in [1.82, 2.24) is 4.90 Å². The minimum absolute atomic E-state index is 0.151. The fourth-order valence-electron chi connectivity index (χ4n) is 1.92. The third-order valence-corrected chi connectivity index (χ3v) is 3.65. The Balaban J connectivity index is 2.82. The topological polar surface area (TPSA) is 46.6 Å². The normalized spacial score (nSPS) is 17.9. The highest BCUT2D eigenvalue weighted by atomic mass is 19.4. The van der Waals surface area contributed by atoms with Gasteiger partial charge in [0.1, 0.15) is 5.54 Å². The van der Waals surface area contributed by atoms with Gasteiger partial charge in [-0.15, -0.1) is 0 Å². The number of Topliss-reactive ketones (excluding diaryl/α,β-unsaturated/α-hetero) is 1. The maximum Gasteiger partial charge on any atom is 0.427 e. The molecule has 1 rings (SSSR count). The Kier molecular flexibility index (Phi) is 4.14. The molecule has 7 heteroatoms. The van der Waals surface area contributed by atoms with Crippen molar-refractivity contribution in [3.8, 4) is 0 Å². The molecule has 20 heavy (non-hydrogen) atoms. The number of hydrogen-bond donors (Lipinski definition) is 0. The van der Waals surface area contributed by atoms with Gasteiger partial charge in [0.25, 0.3) is 0 Å². The molecule has 0 bridgehead atoms. The van der Waals surface area contributed by atoms with Gasteiger partial charge in [0, 0.05) is 13.0 Å². The monoisotopic (exact) mass is 295 g/mol. The number of ketones is 1. The summed E-state index contributed by atoms with van der Waals surface area (Å²) in [5.41, 5.74) is -3.58. The lowest BCUT2D eigenvalue weighted by Gasteiger charge is -2.33. The summed E-state index contributed by atoms with van der Waals surface area (Å²) in [5.74, 6) is -0.440. The van der Waals surface area contributed by atoms with Gasteiger partial charge in [0.2, 0.25) is 5.60 Å². The van der Waals surface area contributed by atoms with E-state index in [0.717, 1.165) is 18.7 Å². The van der Waals surface area contributed by atoms with E-state index in [-0.39, 0.29) is 11.7 Å². The summed E-state index contributed by atoms with van der Waals surface area (Å²) < 4.78 is 42.6. The zero-order valence-electron chi connectivity index (χ0n) is 12.3. The van der Waals surface area contributed by atoms with Crippen LogP contribution in [0.5, 0.6) is 0 Å². The molecular weight excluding hydrogens is 275 g/mol. The number of carbonyl (C=O) groups excluding carboxylic acids is 2. The van der Waals surface area contributed by atoms with Gasteiger partial charge in [0.05, 0.1) is 0 Å². The molecule has 0 N–H and O–H groups in total. The third-order valence-electron chi connectivity index (χ3n) is 3.65. The first kappa shape index (κ1) is 16.8. The van der Waals surface area contributed by atoms with E-state index in [1.807, 2.05) is 0 Å². The molecule has 1 aliphatic rings. The largest absolute Gasteiger partial charge is 0.434 e. The molecule has 0 aromatic rings. The van der Waals surface area contributed by atoms with Crippen molar-refractivity contribution in [1.29, 1.82) is 0 Å². The molecule has 1 amide bonds. The van der Waals surface area contributed by atoms with Crippen molar-refractivity contribution < 1.29 is 27.5 Å². The van der Waals surface area contributed by atoms with E-state index >= 15 is 0 Å². The molecule has 0 unspecified atom stereocenters. The van der Waals surface area contributed by atoms with Gasteiger partial charge in [-0.2, -0.15) is 13.2 Å². The lowest BCUT2D eigenvalue weighted by molar-refractivity contribution is -0.246. The van der Waals surface area contributed by atoms with E-state index in [0.29, 0.717) is 12.8 Å². The SMILES string of the molecule is CC(C)C(=O)C1(N(C)C(=O)OC(C)(C)C(F)(F)F)CC1. The molecule has 0 spiro atoms. The molecule has 1 saturated carbocycles. The molecule has 0 aliphatic heterocycles. The van der Waals surface area contributed by atoms with Crippen LogP contribution in [-0.2, 0) is 9.53 Å². The van der Waals surface area contributed by atoms with Gasteiger partial charge in [-0.05, 0) is 26.7 Å². The van der Waals surface area contributed by atoms with Crippen molar-refractivity contribution in [2.45, 2.75) is 57.9 Å². The molecule has 0 aromatic heterocycles. The van der Waals surface area contributed by atoms with E-state index in [1.165, 1.54) is 7.05 Å². The number of ether oxygens (including phenoxy) is 1. The molecule has 0 heterocycles. The second kappa shape index (κ2) is 4.93. The highest BCUT2D eigenvalue weighted by molar-refractivity contribution is 5.95. The number of rotatable bonds is 4. The molecule has 116 valence electrons. The van der Waals surface area contributed by atoms with E-state index in [9.17, 15) is 22.8 Å². The van der Waals surface area contributed by atoms with Crippen LogP contribution in [-0.4, -0.2) is 41.1 Å². The highest BCUT2D eigenvalue weighted by Crippen LogP contribution is 2.44. The van der Waals surface area contributed by atoms with Crippen molar-refractivity contribution >= 4 is 11.9 Å². The summed E-state index contributed by atoms with van der Waals surface area (Å²) in [6, 6.07) is 0. The molecule has 4 nitrogen and oxygen atoms in total. The van der Waals surface area contributed by atoms with Crippen LogP contribution in [0.15, 0.2) is 0 Å². The molecular formula is C13H20F3NO3. The van der Waals surface area contributed by atoms with E-state index in [4.69, 9.17) is 0 Å². The van der Waals surface area contributed by atoms with Gasteiger partial charge in [-0.1, -0.05) is 13.8 Å². The van der Waals surface area contributed by atoms with Crippen LogP contribution >= 0.6 is 0 Å². The van der Waals surface area contributed by atoms with Crippen molar-refractivity contribution in [3.05, 3.63) is 0 Å². The lowest BCUT2D eigenvalue weighted by Crippen LogP contribution is -2.51. The fraction of sp³-hybridized carbons (Fsp3) is 0.846. The predicted molar refractivity (Wildman–Crippen MR) is 66.2 cm³/mol. The van der Waals surface area contributed by atoms with Gasteiger partial charge in [-0.25, -0.2) is 4.79 Å². The standard InChI is InChI=1S/C13H20F3NO3/c1-8(2)9(18)12(6-7-12)17(5)10(19)20-11(3,4)13(14,15)16/h8H,6-7H2,1-5H3. The van der Waals surface area contributed by atoms with Crippen molar-refractivity contribution in [3.63, 3.8) is 0 Å². The van der Waals surface area contributed by atoms with Crippen molar-refractivity contribution in [2.75, 3.05) is 7.05 Å². The summed E-state index contributed by atoms with van der Waals surface area (Å²) in [6.07, 6.45) is -4.87. The first-order chi connectivity index (χ1) is 8.85. The Morgan fingerprint density at radius 2 is 1.65 bits per heavy atom. The Labute approximate surface area is 116 Å². The smallest absolute Gasteiger partial charge is 0.427 e. The quantitative estimate of drug-likeness (QED) is 0.800. The average molecular weight is 295 g/mol. The molecule has 0 aromatic carbocycles. The Morgan fingerprint density at radius 3 is 1.95 bits per heavy atom. The summed E-state index contributed by atoms with van der Waals surface area (Å²) in [6.45, 7) is 4.95. The van der Waals surface area contributed by atoms with Crippen LogP contribution in [0.2, 0.25) is 0 Å². The fourth-order valence-corrected chi connectivity index (χ4v) is 1.92. The molecule has 0 saturated heterocycles. The first-order valence-corrected chi connectivity index (χ1v) is 6.43. The summed E-state index contributed by atoms with van der Waals surface area (Å²) in [5, 5.41) is 0. The van der Waals surface area contributed by atoms with Gasteiger partial charge in [-0.3, -0.25) is 9.69 Å². The van der Waals surface area contributed by atoms with Crippen LogP contribution < -0.4 is 0 Å². The number of likely N-dealkylation sites (N-methyl/N-ethyl adjacent to an activating group) is 1. The molecule has 0 radical (unpaired) electrons. The maximum absolute atomic E-state index is 12.7. The van der Waals surface area contributed by atoms with Crippen LogP contribution in [0.1, 0.15) is 40.5 Å². The predicted octanol–water partition coefficient (Wildman–Crippen LogP) is 3.15. The number of nitrogens with zero attached hydrogens (tertiary/aromatic N) is 1. The minimum atomic E-state index is -4.66. The van der Waals surface area contributed by atoms with Crippen molar-refractivity contribution in [2.24, 2.45) is 5.92 Å². The molecule has 0 atom stereocenters. The zero-order valence-corrected chi connectivity index (χ0v) is 12.3. The Hall–Kier alpha value is -1.27. The second-order valence-corrected chi connectivity index (χ2v) is 5.99. The summed E-state index contributed by atoms with van der Waals surface area (Å²) in [7, 11) is 1.31. The van der Waals surface area contributed by atoms with Crippen LogP contribution in [0, 0.1) is 5.92 Å². The number of halogens is 3. The van der Waals surface area contributed by atoms with Crippen LogP contribution in [0.25, 0.3) is 0 Å². The van der Waals surface area contributed by atoms with Crippen LogP contribution in [0.4, 0.5) is 18.0 Å². The van der Waals surface area contributed by atoms with Crippen LogP contribution in [0.3, 0.4) is 0 Å². The third kappa shape index (κ3) is 2.91. The van der Waals surface area contributed by atoms with Gasteiger partial charge < -0.3 is 4.74 Å². The number of amides is 1. The molecule has 1 fully saturated rings. The average Bonchev–Trinajstić information content (AvgIpc) is 3.05. The number of carbonyl (C=O) groups is 2. The maximum atomic E-state index is 12.7. The second-order valence-electron chi connectivity index (χ2n) is 5.99. The lowest BCUT2D eigenvalue weighted by atomic mass is 9.99. The zero-order chi connectivity index (χ0) is 15.9. The van der Waals surface area contributed by atoms with E-state index < -0.39 is 23.4 Å². The van der Waals surface area contributed by atoms with E-state index in [2.05, 4.69) is 4.74 Å². The van der Waals surface area contributed by atoms with E-state index in [1.54, 1.807) is 13.8 Å². The first-order valence-electron chi connectivity index (χ1n) is 6.43. The Bertz CT molecular complexity index is 412. The van der Waals surface area contributed by atoms with Gasteiger partial charge in [0.15, 0.2) is 5.78 Å². The molecule has 1 aliphatic carbocycles.